The van der Waals surface area contributed by atoms with Crippen molar-refractivity contribution in [3.05, 3.63) is 98.8 Å². The quantitative estimate of drug-likeness (QED) is 0.253. The zero-order valence-electron chi connectivity index (χ0n) is 24.2. The number of benzene rings is 2. The van der Waals surface area contributed by atoms with Crippen molar-refractivity contribution < 1.29 is 23.1 Å². The van der Waals surface area contributed by atoms with Crippen molar-refractivity contribution in [1.82, 2.24) is 15.6 Å². The highest BCUT2D eigenvalue weighted by atomic mass is 35.5. The Kier molecular flexibility index (Phi) is 11.1. The van der Waals surface area contributed by atoms with Crippen LogP contribution in [0.15, 0.2) is 54.7 Å². The first-order valence-corrected chi connectivity index (χ1v) is 14.5. The molecular weight excluding hydrogens is 609 g/mol. The van der Waals surface area contributed by atoms with Crippen LogP contribution in [0.2, 0.25) is 10.0 Å². The molecule has 11 heteroatoms. The van der Waals surface area contributed by atoms with E-state index < -0.39 is 46.9 Å². The summed E-state index contributed by atoms with van der Waals surface area (Å²) in [6, 6.07) is 11.9. The summed E-state index contributed by atoms with van der Waals surface area (Å²) >= 11 is 12.2. The van der Waals surface area contributed by atoms with Gasteiger partial charge in [-0.05, 0) is 54.7 Å². The number of nitrogens with one attached hydrogen (secondary N) is 2. The zero-order valence-corrected chi connectivity index (χ0v) is 25.7. The Labute approximate surface area is 266 Å². The lowest BCUT2D eigenvalue weighted by Gasteiger charge is -2.37. The Bertz CT molecular complexity index is 1560. The number of nitriles is 1. The average molecular weight is 646 g/mol. The molecule has 2 N–H and O–H groups in total. The molecule has 1 aliphatic rings. The molecule has 1 aliphatic heterocycles. The van der Waals surface area contributed by atoms with E-state index >= 15 is 8.78 Å². The van der Waals surface area contributed by atoms with E-state index in [1.807, 2.05) is 20.8 Å². The molecule has 1 amide bonds. The van der Waals surface area contributed by atoms with Gasteiger partial charge < -0.3 is 15.4 Å². The fourth-order valence-corrected chi connectivity index (χ4v) is 6.05. The lowest BCUT2D eigenvalue weighted by molar-refractivity contribution is -0.123. The molecule has 2 aromatic carbocycles. The molecular formula is C33H36Cl2F2N4O3. The number of amides is 1. The van der Waals surface area contributed by atoms with Crippen molar-refractivity contribution in [3.8, 4) is 6.07 Å². The molecule has 0 saturated carbocycles. The van der Waals surface area contributed by atoms with E-state index in [1.165, 1.54) is 42.6 Å². The van der Waals surface area contributed by atoms with Crippen LogP contribution in [0.1, 0.15) is 74.6 Å². The van der Waals surface area contributed by atoms with E-state index in [2.05, 4.69) is 21.7 Å². The smallest absolute Gasteiger partial charge is 0.339 e. The van der Waals surface area contributed by atoms with Crippen molar-refractivity contribution >= 4 is 35.1 Å². The maximum Gasteiger partial charge on any atom is 0.339 e. The molecule has 0 aliphatic carbocycles. The van der Waals surface area contributed by atoms with Gasteiger partial charge in [0.05, 0.1) is 41.5 Å². The molecule has 44 heavy (non-hydrogen) atoms. The third-order valence-corrected chi connectivity index (χ3v) is 8.04. The summed E-state index contributed by atoms with van der Waals surface area (Å²) in [5.41, 5.74) is -1.38. The minimum absolute atomic E-state index is 0. The van der Waals surface area contributed by atoms with Gasteiger partial charge in [0.1, 0.15) is 17.0 Å². The van der Waals surface area contributed by atoms with Gasteiger partial charge in [0, 0.05) is 28.7 Å². The molecule has 0 spiro atoms. The van der Waals surface area contributed by atoms with Gasteiger partial charge >= 0.3 is 5.97 Å². The summed E-state index contributed by atoms with van der Waals surface area (Å²) in [5.74, 6) is -3.78. The van der Waals surface area contributed by atoms with Gasteiger partial charge in [0.25, 0.3) is 0 Å². The minimum Gasteiger partial charge on any atom is -0.462 e. The van der Waals surface area contributed by atoms with Crippen LogP contribution in [-0.4, -0.2) is 35.6 Å². The van der Waals surface area contributed by atoms with Crippen LogP contribution in [-0.2, 0) is 21.5 Å². The van der Waals surface area contributed by atoms with Crippen LogP contribution >= 0.6 is 23.2 Å². The summed E-state index contributed by atoms with van der Waals surface area (Å²) in [6.07, 6.45) is 1.70. The number of esters is 1. The summed E-state index contributed by atoms with van der Waals surface area (Å²) in [6.45, 7) is 7.78. The summed E-state index contributed by atoms with van der Waals surface area (Å²) in [5, 5.41) is 16.9. The monoisotopic (exact) mass is 644 g/mol. The van der Waals surface area contributed by atoms with Crippen molar-refractivity contribution in [2.45, 2.75) is 71.5 Å². The van der Waals surface area contributed by atoms with Crippen LogP contribution in [0.25, 0.3) is 0 Å². The van der Waals surface area contributed by atoms with Crippen LogP contribution in [0.4, 0.5) is 8.78 Å². The van der Waals surface area contributed by atoms with E-state index in [0.29, 0.717) is 12.1 Å². The van der Waals surface area contributed by atoms with E-state index in [1.54, 1.807) is 13.0 Å². The van der Waals surface area contributed by atoms with Crippen LogP contribution in [0.3, 0.4) is 0 Å². The first-order chi connectivity index (χ1) is 20.3. The molecule has 234 valence electrons. The number of hydrogen-bond acceptors (Lipinski definition) is 6. The average Bonchev–Trinajstić information content (AvgIpc) is 3.26. The number of carbonyl (C=O) groups is 2. The number of halogens is 4. The first-order valence-electron chi connectivity index (χ1n) is 13.8. The molecule has 4 rings (SSSR count). The Morgan fingerprint density at radius 1 is 1.16 bits per heavy atom. The Morgan fingerprint density at radius 2 is 1.89 bits per heavy atom. The molecule has 1 aromatic heterocycles. The highest BCUT2D eigenvalue weighted by Crippen LogP contribution is 2.52. The van der Waals surface area contributed by atoms with Crippen LogP contribution < -0.4 is 10.6 Å². The second kappa shape index (κ2) is 14.0. The largest absolute Gasteiger partial charge is 0.462 e. The van der Waals surface area contributed by atoms with E-state index in [4.69, 9.17) is 27.9 Å². The Morgan fingerprint density at radius 3 is 2.48 bits per heavy atom. The van der Waals surface area contributed by atoms with Crippen LogP contribution in [0.5, 0.6) is 0 Å². The van der Waals surface area contributed by atoms with Gasteiger partial charge in [-0.3, -0.25) is 9.78 Å². The molecule has 1 saturated heterocycles. The molecule has 0 bridgehead atoms. The second-order valence-electron chi connectivity index (χ2n) is 11.7. The molecule has 4 atom stereocenters. The number of nitrogens with zero attached hydrogens (tertiary/aromatic N) is 2. The molecule has 7 nitrogen and oxygen atoms in total. The molecule has 0 unspecified atom stereocenters. The van der Waals surface area contributed by atoms with Gasteiger partial charge in [-0.2, -0.15) is 5.26 Å². The standard InChI is InChI=1S/C32H32Cl2F2N4O3.CH4/c1-5-43-30(42)18-9-11-20(38-15-18)16-39-29(41)28-26(21-7-6-8-23(34)27(21)36)32(17-37,25(40-28)14-31(2,3)4)22-12-10-19(33)13-24(22)35;/h6-13,15,25-26,28,40H,5,14,16H2,1-4H3,(H,39,41);1H4/t25-,26-,28+,32-;/m0./s1. The fraction of sp³-hybridized carbons (Fsp3) is 0.394. The lowest BCUT2D eigenvalue weighted by atomic mass is 9.62. The summed E-state index contributed by atoms with van der Waals surface area (Å²) < 4.78 is 36.5. The third kappa shape index (κ3) is 7.04. The summed E-state index contributed by atoms with van der Waals surface area (Å²) in [7, 11) is 0. The van der Waals surface area contributed by atoms with Gasteiger partial charge in [-0.15, -0.1) is 0 Å². The number of carbonyl (C=O) groups excluding carboxylic acids is 2. The number of pyridine rings is 1. The minimum atomic E-state index is -1.73. The van der Waals surface area contributed by atoms with Crippen LogP contribution in [0, 0.1) is 28.4 Å². The maximum absolute atomic E-state index is 15.8. The highest BCUT2D eigenvalue weighted by Gasteiger charge is 2.61. The molecule has 3 aromatic rings. The SMILES string of the molecule is C.CCOC(=O)c1ccc(CNC(=O)[C@@H]2N[C@@H](CC(C)(C)C)[C@](C#N)(c3ccc(Cl)cc3F)[C@H]2c2cccc(Cl)c2F)nc1. The normalized spacial score (nSPS) is 21.2. The number of ether oxygens (including phenoxy) is 1. The predicted molar refractivity (Wildman–Crippen MR) is 166 cm³/mol. The predicted octanol–water partition coefficient (Wildman–Crippen LogP) is 7.12. The molecule has 0 radical (unpaired) electrons. The van der Waals surface area contributed by atoms with Crippen molar-refractivity contribution in [3.63, 3.8) is 0 Å². The lowest BCUT2D eigenvalue weighted by Crippen LogP contribution is -2.45. The summed E-state index contributed by atoms with van der Waals surface area (Å²) in [4.78, 5) is 30.1. The first kappa shape index (κ1) is 34.9. The van der Waals surface area contributed by atoms with Gasteiger partial charge in [-0.25, -0.2) is 13.6 Å². The van der Waals surface area contributed by atoms with Crippen molar-refractivity contribution in [1.29, 1.82) is 5.26 Å². The second-order valence-corrected chi connectivity index (χ2v) is 12.5. The van der Waals surface area contributed by atoms with Gasteiger partial charge in [0.2, 0.25) is 5.91 Å². The topological polar surface area (TPSA) is 104 Å². The van der Waals surface area contributed by atoms with E-state index in [-0.39, 0.29) is 52.7 Å². The van der Waals surface area contributed by atoms with Gasteiger partial charge in [0.15, 0.2) is 0 Å². The molecule has 2 heterocycles. The number of aromatic nitrogens is 1. The van der Waals surface area contributed by atoms with Gasteiger partial charge in [-0.1, -0.05) is 69.6 Å². The number of hydrogen-bond donors (Lipinski definition) is 2. The number of rotatable bonds is 8. The maximum atomic E-state index is 15.8. The van der Waals surface area contributed by atoms with E-state index in [9.17, 15) is 14.9 Å². The Hall–Kier alpha value is -3.58. The highest BCUT2D eigenvalue weighted by molar-refractivity contribution is 6.31. The third-order valence-electron chi connectivity index (χ3n) is 7.51. The Balaban J connectivity index is 0.00000529. The van der Waals surface area contributed by atoms with E-state index in [0.717, 1.165) is 6.07 Å². The molecule has 1 fully saturated rings. The van der Waals surface area contributed by atoms with Crippen molar-refractivity contribution in [2.24, 2.45) is 5.41 Å². The van der Waals surface area contributed by atoms with Crippen molar-refractivity contribution in [2.75, 3.05) is 6.61 Å². The fourth-order valence-electron chi connectivity index (χ4n) is 5.71. The zero-order chi connectivity index (χ0) is 31.5.